The van der Waals surface area contributed by atoms with Gasteiger partial charge in [-0.15, -0.1) is 0 Å². The molecule has 0 saturated carbocycles. The summed E-state index contributed by atoms with van der Waals surface area (Å²) in [5.41, 5.74) is 0.364. The molecular weight excluding hydrogens is 235 g/mol. The molecule has 1 rings (SSSR count). The Labute approximate surface area is 107 Å². The Balaban J connectivity index is 2.12. The summed E-state index contributed by atoms with van der Waals surface area (Å²) in [5.74, 6) is -0.827. The average molecular weight is 254 g/mol. The number of carbonyl (C=O) groups excluding carboxylic acids is 1. The van der Waals surface area contributed by atoms with Crippen molar-refractivity contribution in [3.63, 3.8) is 0 Å². The number of pyridine rings is 1. The second-order valence-electron chi connectivity index (χ2n) is 3.94. The molecule has 18 heavy (non-hydrogen) atoms. The van der Waals surface area contributed by atoms with Crippen LogP contribution in [0, 0.1) is 5.95 Å². The molecule has 0 aromatic carbocycles. The number of hydrogen-bond acceptors (Lipinski definition) is 3. The monoisotopic (exact) mass is 254 g/mol. The largest absolute Gasteiger partial charge is 0.381 e. The van der Waals surface area contributed by atoms with E-state index in [9.17, 15) is 9.18 Å². The van der Waals surface area contributed by atoms with Crippen LogP contribution in [0.3, 0.4) is 0 Å². The minimum Gasteiger partial charge on any atom is -0.381 e. The maximum atomic E-state index is 12.5. The first-order valence-corrected chi connectivity index (χ1v) is 6.21. The third-order valence-corrected chi connectivity index (χ3v) is 2.38. The van der Waals surface area contributed by atoms with E-state index in [1.807, 2.05) is 0 Å². The van der Waals surface area contributed by atoms with E-state index in [0.29, 0.717) is 18.7 Å². The van der Waals surface area contributed by atoms with Crippen molar-refractivity contribution in [2.45, 2.75) is 26.2 Å². The van der Waals surface area contributed by atoms with Gasteiger partial charge in [0.25, 0.3) is 5.91 Å². The molecule has 0 bridgehead atoms. The molecule has 0 saturated heterocycles. The third-order valence-electron chi connectivity index (χ3n) is 2.38. The number of ether oxygens (including phenoxy) is 1. The van der Waals surface area contributed by atoms with Crippen LogP contribution in [0.25, 0.3) is 0 Å². The lowest BCUT2D eigenvalue weighted by molar-refractivity contribution is 0.0940. The molecule has 0 aliphatic carbocycles. The van der Waals surface area contributed by atoms with Crippen LogP contribution < -0.4 is 5.32 Å². The van der Waals surface area contributed by atoms with E-state index >= 15 is 0 Å². The van der Waals surface area contributed by atoms with Gasteiger partial charge in [0.2, 0.25) is 5.95 Å². The van der Waals surface area contributed by atoms with Gasteiger partial charge < -0.3 is 10.1 Å². The molecule has 0 aliphatic heterocycles. The summed E-state index contributed by atoms with van der Waals surface area (Å²) in [6, 6.07) is 2.58. The van der Waals surface area contributed by atoms with Gasteiger partial charge in [0.05, 0.1) is 5.56 Å². The van der Waals surface area contributed by atoms with Crippen LogP contribution in [0.5, 0.6) is 0 Å². The van der Waals surface area contributed by atoms with Crippen LogP contribution in [0.4, 0.5) is 4.39 Å². The quantitative estimate of drug-likeness (QED) is 0.571. The summed E-state index contributed by atoms with van der Waals surface area (Å²) in [7, 11) is 0. The highest BCUT2D eigenvalue weighted by molar-refractivity contribution is 5.93. The first-order chi connectivity index (χ1) is 8.74. The zero-order chi connectivity index (χ0) is 13.2. The fourth-order valence-electron chi connectivity index (χ4n) is 1.34. The first-order valence-electron chi connectivity index (χ1n) is 6.21. The van der Waals surface area contributed by atoms with E-state index in [1.165, 1.54) is 18.3 Å². The number of nitrogens with zero attached hydrogens (tertiary/aromatic N) is 1. The minimum atomic E-state index is -0.587. The van der Waals surface area contributed by atoms with Crippen LogP contribution in [0.2, 0.25) is 0 Å². The van der Waals surface area contributed by atoms with Gasteiger partial charge in [-0.2, -0.15) is 4.39 Å². The molecule has 1 heterocycles. The number of nitrogens with one attached hydrogen (secondary N) is 1. The van der Waals surface area contributed by atoms with Crippen LogP contribution in [0.1, 0.15) is 36.5 Å². The Morgan fingerprint density at radius 3 is 2.83 bits per heavy atom. The molecule has 1 N–H and O–H groups in total. The van der Waals surface area contributed by atoms with Crippen molar-refractivity contribution in [3.8, 4) is 0 Å². The molecule has 1 amide bonds. The summed E-state index contributed by atoms with van der Waals surface area (Å²) in [6.07, 6.45) is 4.18. The second-order valence-corrected chi connectivity index (χ2v) is 3.94. The van der Waals surface area contributed by atoms with Crippen molar-refractivity contribution < 1.29 is 13.9 Å². The molecule has 100 valence electrons. The molecule has 0 atom stereocenters. The van der Waals surface area contributed by atoms with Gasteiger partial charge in [-0.3, -0.25) is 4.79 Å². The van der Waals surface area contributed by atoms with E-state index in [1.54, 1.807) is 0 Å². The average Bonchev–Trinajstić information content (AvgIpc) is 2.38. The van der Waals surface area contributed by atoms with Crippen molar-refractivity contribution in [2.75, 3.05) is 19.8 Å². The van der Waals surface area contributed by atoms with Gasteiger partial charge in [-0.1, -0.05) is 13.3 Å². The van der Waals surface area contributed by atoms with Crippen LogP contribution >= 0.6 is 0 Å². The zero-order valence-corrected chi connectivity index (χ0v) is 10.6. The second kappa shape index (κ2) is 8.58. The maximum absolute atomic E-state index is 12.5. The summed E-state index contributed by atoms with van der Waals surface area (Å²) in [6.45, 7) is 4.07. The molecule has 1 aromatic heterocycles. The Hall–Kier alpha value is -1.49. The van der Waals surface area contributed by atoms with Crippen molar-refractivity contribution in [3.05, 3.63) is 29.8 Å². The van der Waals surface area contributed by atoms with Crippen molar-refractivity contribution >= 4 is 5.91 Å². The highest BCUT2D eigenvalue weighted by Gasteiger charge is 2.04. The number of amides is 1. The predicted molar refractivity (Wildman–Crippen MR) is 66.9 cm³/mol. The molecular formula is C13H19FN2O2. The lowest BCUT2D eigenvalue weighted by atomic mass is 10.2. The normalized spacial score (nSPS) is 10.3. The molecule has 0 fully saturated rings. The number of hydrogen-bond donors (Lipinski definition) is 1. The van der Waals surface area contributed by atoms with Gasteiger partial charge in [0.15, 0.2) is 0 Å². The Bertz CT molecular complexity index is 355. The summed E-state index contributed by atoms with van der Waals surface area (Å²) in [4.78, 5) is 15.0. The van der Waals surface area contributed by atoms with E-state index in [0.717, 1.165) is 25.9 Å². The molecule has 4 nitrogen and oxygen atoms in total. The number of halogens is 1. The van der Waals surface area contributed by atoms with Crippen molar-refractivity contribution in [1.29, 1.82) is 0 Å². The molecule has 0 radical (unpaired) electrons. The van der Waals surface area contributed by atoms with Gasteiger partial charge in [0, 0.05) is 26.0 Å². The van der Waals surface area contributed by atoms with Gasteiger partial charge >= 0.3 is 0 Å². The maximum Gasteiger partial charge on any atom is 0.252 e. The first kappa shape index (κ1) is 14.6. The standard InChI is InChI=1S/C13H19FN2O2/c1-2-3-8-18-9-4-7-15-13(17)11-5-6-12(14)16-10-11/h5-6,10H,2-4,7-9H2,1H3,(H,15,17). The lowest BCUT2D eigenvalue weighted by Gasteiger charge is -2.05. The lowest BCUT2D eigenvalue weighted by Crippen LogP contribution is -2.25. The van der Waals surface area contributed by atoms with Crippen molar-refractivity contribution in [1.82, 2.24) is 10.3 Å². The SMILES string of the molecule is CCCCOCCCNC(=O)c1ccc(F)nc1. The van der Waals surface area contributed by atoms with E-state index < -0.39 is 5.95 Å². The fraction of sp³-hybridized carbons (Fsp3) is 0.538. The van der Waals surface area contributed by atoms with E-state index in [-0.39, 0.29) is 5.91 Å². The number of unbranched alkanes of at least 4 members (excludes halogenated alkanes) is 1. The third kappa shape index (κ3) is 5.72. The number of aromatic nitrogens is 1. The highest BCUT2D eigenvalue weighted by Crippen LogP contribution is 1.98. The summed E-state index contributed by atoms with van der Waals surface area (Å²) < 4.78 is 17.9. The summed E-state index contributed by atoms with van der Waals surface area (Å²) >= 11 is 0. The van der Waals surface area contributed by atoms with Gasteiger partial charge in [-0.05, 0) is 25.0 Å². The zero-order valence-electron chi connectivity index (χ0n) is 10.6. The Morgan fingerprint density at radius 2 is 2.17 bits per heavy atom. The Kier molecular flexibility index (Phi) is 6.94. The topological polar surface area (TPSA) is 51.2 Å². The molecule has 0 aliphatic rings. The highest BCUT2D eigenvalue weighted by atomic mass is 19.1. The van der Waals surface area contributed by atoms with Crippen LogP contribution in [0.15, 0.2) is 18.3 Å². The van der Waals surface area contributed by atoms with Crippen LogP contribution in [-0.4, -0.2) is 30.6 Å². The molecule has 0 spiro atoms. The van der Waals surface area contributed by atoms with Gasteiger partial charge in [-0.25, -0.2) is 4.98 Å². The number of carbonyl (C=O) groups is 1. The fourth-order valence-corrected chi connectivity index (χ4v) is 1.34. The number of rotatable bonds is 8. The molecule has 1 aromatic rings. The van der Waals surface area contributed by atoms with E-state index in [2.05, 4.69) is 17.2 Å². The van der Waals surface area contributed by atoms with Crippen LogP contribution in [-0.2, 0) is 4.74 Å². The minimum absolute atomic E-state index is 0.240. The van der Waals surface area contributed by atoms with Crippen molar-refractivity contribution in [2.24, 2.45) is 0 Å². The predicted octanol–water partition coefficient (Wildman–Crippen LogP) is 2.16. The molecule has 5 heteroatoms. The van der Waals surface area contributed by atoms with Gasteiger partial charge in [0.1, 0.15) is 0 Å². The summed E-state index contributed by atoms with van der Waals surface area (Å²) in [5, 5.41) is 2.73. The molecule has 0 unspecified atom stereocenters. The smallest absolute Gasteiger partial charge is 0.252 e. The van der Waals surface area contributed by atoms with E-state index in [4.69, 9.17) is 4.74 Å². The Morgan fingerprint density at radius 1 is 1.39 bits per heavy atom.